The SMILES string of the molecule is [C-]#[N+]c1cc(C)c2c(c1)CN(Cc1ccc(OC(F)(F)F)cc1)C2=O. The zero-order valence-electron chi connectivity index (χ0n) is 13.2. The van der Waals surface area contributed by atoms with Gasteiger partial charge in [-0.15, -0.1) is 13.2 Å². The summed E-state index contributed by atoms with van der Waals surface area (Å²) in [4.78, 5) is 17.5. The van der Waals surface area contributed by atoms with Crippen LogP contribution in [-0.4, -0.2) is 17.2 Å². The fraction of sp³-hybridized carbons (Fsp3) is 0.222. The van der Waals surface area contributed by atoms with Gasteiger partial charge in [-0.05, 0) is 35.7 Å². The highest BCUT2D eigenvalue weighted by Crippen LogP contribution is 2.31. The fourth-order valence-electron chi connectivity index (χ4n) is 2.92. The number of amides is 1. The van der Waals surface area contributed by atoms with Crippen LogP contribution in [0.4, 0.5) is 18.9 Å². The van der Waals surface area contributed by atoms with Crippen molar-refractivity contribution in [1.29, 1.82) is 0 Å². The molecule has 0 saturated heterocycles. The Balaban J connectivity index is 1.76. The van der Waals surface area contributed by atoms with Crippen LogP contribution >= 0.6 is 0 Å². The van der Waals surface area contributed by atoms with Crippen molar-refractivity contribution >= 4 is 11.6 Å². The summed E-state index contributed by atoms with van der Waals surface area (Å²) in [6.45, 7) is 9.53. The number of hydrogen-bond donors (Lipinski definition) is 0. The van der Waals surface area contributed by atoms with Crippen LogP contribution < -0.4 is 4.74 Å². The molecule has 0 atom stereocenters. The van der Waals surface area contributed by atoms with Crippen LogP contribution in [0, 0.1) is 13.5 Å². The first-order chi connectivity index (χ1) is 11.8. The number of benzene rings is 2. The summed E-state index contributed by atoms with van der Waals surface area (Å²) in [6.07, 6.45) is -4.73. The van der Waals surface area contributed by atoms with Gasteiger partial charge in [-0.3, -0.25) is 4.79 Å². The Morgan fingerprint density at radius 3 is 2.52 bits per heavy atom. The summed E-state index contributed by atoms with van der Waals surface area (Å²) in [5, 5.41) is 0. The molecule has 0 unspecified atom stereocenters. The van der Waals surface area contributed by atoms with Gasteiger partial charge in [-0.25, -0.2) is 4.85 Å². The van der Waals surface area contributed by atoms with E-state index in [2.05, 4.69) is 9.58 Å². The predicted octanol–water partition coefficient (Wildman–Crippen LogP) is 4.60. The summed E-state index contributed by atoms with van der Waals surface area (Å²) in [5.41, 5.74) is 3.33. The van der Waals surface area contributed by atoms with Gasteiger partial charge >= 0.3 is 6.36 Å². The van der Waals surface area contributed by atoms with Gasteiger partial charge in [-0.2, -0.15) is 0 Å². The highest BCUT2D eigenvalue weighted by molar-refractivity contribution is 6.00. The van der Waals surface area contributed by atoms with Crippen molar-refractivity contribution < 1.29 is 22.7 Å². The normalized spacial score (nSPS) is 13.6. The topological polar surface area (TPSA) is 33.9 Å². The third-order valence-corrected chi connectivity index (χ3v) is 3.92. The first kappa shape index (κ1) is 16.8. The van der Waals surface area contributed by atoms with E-state index in [0.29, 0.717) is 23.4 Å². The molecule has 128 valence electrons. The highest BCUT2D eigenvalue weighted by Gasteiger charge is 2.31. The molecule has 0 saturated carbocycles. The summed E-state index contributed by atoms with van der Waals surface area (Å²) < 4.78 is 40.4. The van der Waals surface area contributed by atoms with Crippen LogP contribution in [0.3, 0.4) is 0 Å². The Bertz CT molecular complexity index is 868. The van der Waals surface area contributed by atoms with E-state index in [9.17, 15) is 18.0 Å². The quantitative estimate of drug-likeness (QED) is 0.761. The monoisotopic (exact) mass is 346 g/mol. The van der Waals surface area contributed by atoms with Gasteiger partial charge in [0.1, 0.15) is 5.75 Å². The minimum atomic E-state index is -4.73. The van der Waals surface area contributed by atoms with E-state index in [4.69, 9.17) is 6.57 Å². The molecule has 0 radical (unpaired) electrons. The summed E-state index contributed by atoms with van der Waals surface area (Å²) in [6, 6.07) is 8.81. The van der Waals surface area contributed by atoms with E-state index in [1.165, 1.54) is 24.3 Å². The predicted molar refractivity (Wildman–Crippen MR) is 84.1 cm³/mol. The standard InChI is InChI=1S/C18H13F3N2O2/c1-11-7-14(22-2)8-13-10-23(17(24)16(11)13)9-12-3-5-15(6-4-12)25-18(19,20)21/h3-8H,9-10H2,1H3. The molecule has 4 nitrogen and oxygen atoms in total. The number of alkyl halides is 3. The van der Waals surface area contributed by atoms with Gasteiger partial charge in [0.2, 0.25) is 0 Å². The maximum absolute atomic E-state index is 12.6. The number of aryl methyl sites for hydroxylation is 1. The number of rotatable bonds is 3. The smallest absolute Gasteiger partial charge is 0.406 e. The summed E-state index contributed by atoms with van der Waals surface area (Å²) in [5.74, 6) is -0.440. The lowest BCUT2D eigenvalue weighted by Crippen LogP contribution is -2.23. The van der Waals surface area contributed by atoms with Crippen LogP contribution in [0.2, 0.25) is 0 Å². The lowest BCUT2D eigenvalue weighted by atomic mass is 10.0. The number of carbonyl (C=O) groups is 1. The van der Waals surface area contributed by atoms with Crippen molar-refractivity contribution in [2.45, 2.75) is 26.4 Å². The van der Waals surface area contributed by atoms with Crippen molar-refractivity contribution in [1.82, 2.24) is 4.90 Å². The zero-order chi connectivity index (χ0) is 18.2. The van der Waals surface area contributed by atoms with Crippen molar-refractivity contribution in [3.63, 3.8) is 0 Å². The molecule has 2 aromatic carbocycles. The first-order valence-corrected chi connectivity index (χ1v) is 7.42. The molecule has 0 aliphatic carbocycles. The Hall–Kier alpha value is -3.01. The van der Waals surface area contributed by atoms with Gasteiger partial charge in [0.25, 0.3) is 5.91 Å². The number of fused-ring (bicyclic) bond motifs is 1. The van der Waals surface area contributed by atoms with E-state index in [-0.39, 0.29) is 18.2 Å². The first-order valence-electron chi connectivity index (χ1n) is 7.42. The largest absolute Gasteiger partial charge is 0.573 e. The summed E-state index contributed by atoms with van der Waals surface area (Å²) >= 11 is 0. The molecule has 1 amide bonds. The molecule has 1 heterocycles. The van der Waals surface area contributed by atoms with Crippen molar-refractivity contribution in [2.75, 3.05) is 0 Å². The highest BCUT2D eigenvalue weighted by atomic mass is 19.4. The van der Waals surface area contributed by atoms with E-state index in [0.717, 1.165) is 11.1 Å². The molecule has 0 spiro atoms. The van der Waals surface area contributed by atoms with E-state index >= 15 is 0 Å². The lowest BCUT2D eigenvalue weighted by molar-refractivity contribution is -0.274. The second kappa shape index (κ2) is 6.13. The molecule has 1 aliphatic heterocycles. The minimum Gasteiger partial charge on any atom is -0.406 e. The third kappa shape index (κ3) is 3.58. The maximum Gasteiger partial charge on any atom is 0.573 e. The number of carbonyl (C=O) groups excluding carboxylic acids is 1. The molecule has 25 heavy (non-hydrogen) atoms. The van der Waals surface area contributed by atoms with Gasteiger partial charge < -0.3 is 9.64 Å². The molecular formula is C18H13F3N2O2. The molecule has 0 N–H and O–H groups in total. The number of hydrogen-bond acceptors (Lipinski definition) is 2. The van der Waals surface area contributed by atoms with Gasteiger partial charge in [0, 0.05) is 18.7 Å². The molecule has 0 aromatic heterocycles. The summed E-state index contributed by atoms with van der Waals surface area (Å²) in [7, 11) is 0. The van der Waals surface area contributed by atoms with Crippen LogP contribution in [-0.2, 0) is 13.1 Å². The second-order valence-electron chi connectivity index (χ2n) is 5.76. The van der Waals surface area contributed by atoms with Crippen LogP contribution in [0.25, 0.3) is 4.85 Å². The third-order valence-electron chi connectivity index (χ3n) is 3.92. The number of halogens is 3. The van der Waals surface area contributed by atoms with Crippen molar-refractivity contribution in [3.8, 4) is 5.75 Å². The number of nitrogens with zero attached hydrogens (tertiary/aromatic N) is 2. The Kier molecular flexibility index (Phi) is 4.13. The Labute approximate surface area is 142 Å². The van der Waals surface area contributed by atoms with Crippen molar-refractivity contribution in [3.05, 3.63) is 70.1 Å². The van der Waals surface area contributed by atoms with Gasteiger partial charge in [0.15, 0.2) is 5.69 Å². The van der Waals surface area contributed by atoms with E-state index in [1.807, 2.05) is 0 Å². The van der Waals surface area contributed by atoms with E-state index < -0.39 is 6.36 Å². The van der Waals surface area contributed by atoms with Crippen LogP contribution in [0.1, 0.15) is 27.0 Å². The molecule has 0 bridgehead atoms. The molecule has 0 fully saturated rings. The molecule has 3 rings (SSSR count). The van der Waals surface area contributed by atoms with E-state index in [1.54, 1.807) is 24.0 Å². The van der Waals surface area contributed by atoms with Gasteiger partial charge in [-0.1, -0.05) is 24.3 Å². The average molecular weight is 346 g/mol. The molecule has 7 heteroatoms. The average Bonchev–Trinajstić information content (AvgIpc) is 2.84. The lowest BCUT2D eigenvalue weighted by Gasteiger charge is -2.16. The number of ether oxygens (including phenoxy) is 1. The van der Waals surface area contributed by atoms with Gasteiger partial charge in [0.05, 0.1) is 6.57 Å². The molecule has 1 aliphatic rings. The zero-order valence-corrected chi connectivity index (χ0v) is 13.2. The second-order valence-corrected chi connectivity index (χ2v) is 5.76. The Morgan fingerprint density at radius 1 is 1.24 bits per heavy atom. The molecular weight excluding hydrogens is 333 g/mol. The maximum atomic E-state index is 12.6. The van der Waals surface area contributed by atoms with Crippen LogP contribution in [0.15, 0.2) is 36.4 Å². The van der Waals surface area contributed by atoms with Crippen molar-refractivity contribution in [2.24, 2.45) is 0 Å². The fourth-order valence-corrected chi connectivity index (χ4v) is 2.92. The molecule has 2 aromatic rings. The Morgan fingerprint density at radius 2 is 1.92 bits per heavy atom. The van der Waals surface area contributed by atoms with Crippen LogP contribution in [0.5, 0.6) is 5.75 Å². The minimum absolute atomic E-state index is 0.139.